The Balaban J connectivity index is 1.44. The molecule has 29 heavy (non-hydrogen) atoms. The van der Waals surface area contributed by atoms with Gasteiger partial charge < -0.3 is 19.1 Å². The molecule has 0 radical (unpaired) electrons. The van der Waals surface area contributed by atoms with Crippen molar-refractivity contribution in [2.75, 3.05) is 33.0 Å². The van der Waals surface area contributed by atoms with Crippen LogP contribution < -0.4 is 14.2 Å². The van der Waals surface area contributed by atoms with E-state index in [2.05, 4.69) is 11.5 Å². The van der Waals surface area contributed by atoms with E-state index in [1.54, 1.807) is 12.1 Å². The van der Waals surface area contributed by atoms with Crippen LogP contribution in [0.1, 0.15) is 30.7 Å². The summed E-state index contributed by atoms with van der Waals surface area (Å²) in [6.07, 6.45) is 5.19. The highest BCUT2D eigenvalue weighted by atomic mass is 19.1. The maximum Gasteiger partial charge on any atom is 0.231 e. The van der Waals surface area contributed by atoms with Crippen LogP contribution in [0, 0.1) is 11.7 Å². The molecule has 0 saturated carbocycles. The quantitative estimate of drug-likeness (QED) is 0.463. The minimum Gasteiger partial charge on any atom is -0.493 e. The summed E-state index contributed by atoms with van der Waals surface area (Å²) in [4.78, 5) is 2.51. The van der Waals surface area contributed by atoms with Crippen LogP contribution >= 0.6 is 0 Å². The number of hydrogen-bond acceptors (Lipinski definition) is 4. The second kappa shape index (κ2) is 9.31. The van der Waals surface area contributed by atoms with Gasteiger partial charge >= 0.3 is 0 Å². The summed E-state index contributed by atoms with van der Waals surface area (Å²) >= 11 is 0. The first kappa shape index (κ1) is 19.8. The van der Waals surface area contributed by atoms with Crippen LogP contribution in [-0.2, 0) is 0 Å². The Hall–Kier alpha value is -2.53. The first-order chi connectivity index (χ1) is 14.2. The predicted octanol–water partition coefficient (Wildman–Crippen LogP) is 5.01. The van der Waals surface area contributed by atoms with E-state index in [1.165, 1.54) is 5.56 Å². The van der Waals surface area contributed by atoms with Crippen LogP contribution in [0.15, 0.2) is 55.1 Å². The Bertz CT molecular complexity index is 823. The van der Waals surface area contributed by atoms with E-state index in [0.717, 1.165) is 56.1 Å². The molecular weight excluding hydrogens is 369 g/mol. The van der Waals surface area contributed by atoms with Crippen LogP contribution in [0.3, 0.4) is 0 Å². The van der Waals surface area contributed by atoms with Crippen molar-refractivity contribution in [2.24, 2.45) is 5.92 Å². The molecule has 0 amide bonds. The molecule has 0 unspecified atom stereocenters. The zero-order valence-electron chi connectivity index (χ0n) is 16.7. The van der Waals surface area contributed by atoms with Crippen molar-refractivity contribution >= 4 is 0 Å². The summed E-state index contributed by atoms with van der Waals surface area (Å²) in [5, 5.41) is 0. The smallest absolute Gasteiger partial charge is 0.231 e. The van der Waals surface area contributed by atoms with Crippen LogP contribution in [-0.4, -0.2) is 37.9 Å². The number of halogens is 1. The number of piperidine rings is 1. The van der Waals surface area contributed by atoms with E-state index < -0.39 is 0 Å². The summed E-state index contributed by atoms with van der Waals surface area (Å²) in [6.45, 7) is 7.79. The number of unbranched alkanes of at least 4 members (excludes halogenated alkanes) is 1. The average Bonchev–Trinajstić information content (AvgIpc) is 3.21. The van der Waals surface area contributed by atoms with E-state index in [4.69, 9.17) is 14.2 Å². The number of benzene rings is 2. The molecule has 2 heterocycles. The summed E-state index contributed by atoms with van der Waals surface area (Å²) in [6, 6.07) is 12.6. The fourth-order valence-corrected chi connectivity index (χ4v) is 4.26. The lowest BCUT2D eigenvalue weighted by Crippen LogP contribution is -2.42. The standard InChI is InChI=1S/C24H28FNO3/c1-2-3-4-12-26-13-11-22(18-5-7-20(25)8-6-18)19(15-26)16-27-21-9-10-23-24(14-21)29-17-28-23/h2,5-10,14,19,22H,1,3-4,11-13,15-17H2/t19-,22-/m0/s1. The van der Waals surface area contributed by atoms with Gasteiger partial charge in [-0.2, -0.15) is 0 Å². The molecule has 2 aliphatic heterocycles. The van der Waals surface area contributed by atoms with Gasteiger partial charge in [-0.3, -0.25) is 0 Å². The van der Waals surface area contributed by atoms with Gasteiger partial charge in [0.15, 0.2) is 11.5 Å². The van der Waals surface area contributed by atoms with Gasteiger partial charge in [0.2, 0.25) is 6.79 Å². The van der Waals surface area contributed by atoms with Gasteiger partial charge in [-0.1, -0.05) is 18.2 Å². The molecule has 0 N–H and O–H groups in total. The third kappa shape index (κ3) is 4.91. The SMILES string of the molecule is C=CCCCN1CC[C@@H](c2ccc(F)cc2)[C@H](COc2ccc3c(c2)OCO3)C1. The molecule has 1 fully saturated rings. The first-order valence-electron chi connectivity index (χ1n) is 10.3. The lowest BCUT2D eigenvalue weighted by atomic mass is 9.80. The second-order valence-corrected chi connectivity index (χ2v) is 7.76. The Morgan fingerprint density at radius 2 is 1.97 bits per heavy atom. The number of rotatable bonds is 8. The summed E-state index contributed by atoms with van der Waals surface area (Å²) in [5.74, 6) is 2.78. The van der Waals surface area contributed by atoms with Crippen LogP contribution in [0.4, 0.5) is 4.39 Å². The molecule has 1 saturated heterocycles. The van der Waals surface area contributed by atoms with Crippen molar-refractivity contribution < 1.29 is 18.6 Å². The Labute approximate surface area is 171 Å². The van der Waals surface area contributed by atoms with Gasteiger partial charge in [-0.05, 0) is 68.1 Å². The van der Waals surface area contributed by atoms with Gasteiger partial charge in [-0.25, -0.2) is 4.39 Å². The lowest BCUT2D eigenvalue weighted by molar-refractivity contribution is 0.110. The minimum absolute atomic E-state index is 0.191. The maximum absolute atomic E-state index is 13.4. The minimum atomic E-state index is -0.191. The fourth-order valence-electron chi connectivity index (χ4n) is 4.26. The van der Waals surface area contributed by atoms with Gasteiger partial charge in [0.1, 0.15) is 11.6 Å². The van der Waals surface area contributed by atoms with Crippen molar-refractivity contribution in [2.45, 2.75) is 25.2 Å². The van der Waals surface area contributed by atoms with Crippen LogP contribution in [0.2, 0.25) is 0 Å². The molecular formula is C24H28FNO3. The molecule has 0 aromatic heterocycles. The van der Waals surface area contributed by atoms with Crippen molar-refractivity contribution in [1.82, 2.24) is 4.90 Å². The lowest BCUT2D eigenvalue weighted by Gasteiger charge is -2.38. The van der Waals surface area contributed by atoms with E-state index >= 15 is 0 Å². The Morgan fingerprint density at radius 3 is 2.79 bits per heavy atom. The normalized spacial score (nSPS) is 21.1. The van der Waals surface area contributed by atoms with E-state index in [9.17, 15) is 4.39 Å². The maximum atomic E-state index is 13.4. The number of fused-ring (bicyclic) bond motifs is 1. The molecule has 154 valence electrons. The van der Waals surface area contributed by atoms with Gasteiger partial charge in [0, 0.05) is 18.5 Å². The number of nitrogens with zero attached hydrogens (tertiary/aromatic N) is 1. The van der Waals surface area contributed by atoms with Crippen molar-refractivity contribution in [3.05, 3.63) is 66.5 Å². The van der Waals surface area contributed by atoms with Crippen molar-refractivity contribution in [1.29, 1.82) is 0 Å². The summed E-state index contributed by atoms with van der Waals surface area (Å²) < 4.78 is 30.4. The summed E-state index contributed by atoms with van der Waals surface area (Å²) in [5.41, 5.74) is 1.19. The highest BCUT2D eigenvalue weighted by Crippen LogP contribution is 2.37. The van der Waals surface area contributed by atoms with E-state index in [-0.39, 0.29) is 12.6 Å². The zero-order chi connectivity index (χ0) is 20.1. The molecule has 5 heteroatoms. The van der Waals surface area contributed by atoms with Crippen LogP contribution in [0.25, 0.3) is 0 Å². The number of allylic oxidation sites excluding steroid dienone is 1. The molecule has 0 aliphatic carbocycles. The third-order valence-corrected chi connectivity index (χ3v) is 5.81. The molecule has 2 aromatic rings. The number of hydrogen-bond donors (Lipinski definition) is 0. The average molecular weight is 397 g/mol. The predicted molar refractivity (Wildman–Crippen MR) is 111 cm³/mol. The molecule has 4 nitrogen and oxygen atoms in total. The zero-order valence-corrected chi connectivity index (χ0v) is 16.7. The van der Waals surface area contributed by atoms with E-state index in [1.807, 2.05) is 36.4 Å². The third-order valence-electron chi connectivity index (χ3n) is 5.81. The monoisotopic (exact) mass is 397 g/mol. The number of ether oxygens (including phenoxy) is 3. The largest absolute Gasteiger partial charge is 0.493 e. The van der Waals surface area contributed by atoms with Gasteiger partial charge in [-0.15, -0.1) is 6.58 Å². The van der Waals surface area contributed by atoms with Gasteiger partial charge in [0.25, 0.3) is 0 Å². The molecule has 2 atom stereocenters. The van der Waals surface area contributed by atoms with Crippen molar-refractivity contribution in [3.63, 3.8) is 0 Å². The van der Waals surface area contributed by atoms with E-state index in [0.29, 0.717) is 18.4 Å². The summed E-state index contributed by atoms with van der Waals surface area (Å²) in [7, 11) is 0. The van der Waals surface area contributed by atoms with Crippen molar-refractivity contribution in [3.8, 4) is 17.2 Å². The molecule has 0 bridgehead atoms. The molecule has 4 rings (SSSR count). The highest BCUT2D eigenvalue weighted by molar-refractivity contribution is 5.46. The number of likely N-dealkylation sites (tertiary alicyclic amines) is 1. The molecule has 2 aromatic carbocycles. The van der Waals surface area contributed by atoms with Crippen LogP contribution in [0.5, 0.6) is 17.2 Å². The first-order valence-corrected chi connectivity index (χ1v) is 10.3. The molecule has 2 aliphatic rings. The fraction of sp³-hybridized carbons (Fsp3) is 0.417. The Kier molecular flexibility index (Phi) is 6.35. The Morgan fingerprint density at radius 1 is 1.14 bits per heavy atom. The highest BCUT2D eigenvalue weighted by Gasteiger charge is 2.31. The topological polar surface area (TPSA) is 30.9 Å². The second-order valence-electron chi connectivity index (χ2n) is 7.76. The molecule has 0 spiro atoms. The van der Waals surface area contributed by atoms with Gasteiger partial charge in [0.05, 0.1) is 6.61 Å².